The zero-order valence-electron chi connectivity index (χ0n) is 11.8. The van der Waals surface area contributed by atoms with E-state index >= 15 is 0 Å². The van der Waals surface area contributed by atoms with Crippen LogP contribution in [0.25, 0.3) is 0 Å². The Kier molecular flexibility index (Phi) is 8.01. The topological polar surface area (TPSA) is 58.4 Å². The Balaban J connectivity index is 2.07. The van der Waals surface area contributed by atoms with Gasteiger partial charge in [0.2, 0.25) is 5.91 Å². The van der Waals surface area contributed by atoms with Gasteiger partial charge in [0, 0.05) is 25.6 Å². The molecule has 4 nitrogen and oxygen atoms in total. The summed E-state index contributed by atoms with van der Waals surface area (Å²) in [5.41, 5.74) is 5.85. The molecule has 0 saturated carbocycles. The third-order valence-electron chi connectivity index (χ3n) is 3.56. The third-order valence-corrected chi connectivity index (χ3v) is 3.56. The lowest BCUT2D eigenvalue weighted by Crippen LogP contribution is -2.37. The summed E-state index contributed by atoms with van der Waals surface area (Å²) in [5.74, 6) is 0.103. The van der Waals surface area contributed by atoms with E-state index in [1.165, 1.54) is 38.8 Å². The quantitative estimate of drug-likeness (QED) is 0.725. The molecule has 0 bridgehead atoms. The fourth-order valence-corrected chi connectivity index (χ4v) is 2.50. The molecule has 0 aromatic carbocycles. The van der Waals surface area contributed by atoms with Gasteiger partial charge in [-0.3, -0.25) is 4.79 Å². The summed E-state index contributed by atoms with van der Waals surface area (Å²) in [7, 11) is 0. The molecule has 1 heterocycles. The monoisotopic (exact) mass is 255 g/mol. The number of hydrogen-bond donors (Lipinski definition) is 2. The number of rotatable bonds is 7. The van der Waals surface area contributed by atoms with Gasteiger partial charge in [0.25, 0.3) is 0 Å². The molecule has 1 aliphatic rings. The second-order valence-corrected chi connectivity index (χ2v) is 5.36. The van der Waals surface area contributed by atoms with E-state index in [0.717, 1.165) is 25.9 Å². The summed E-state index contributed by atoms with van der Waals surface area (Å²) in [6, 6.07) is 0.0215. The number of amides is 1. The first-order valence-electron chi connectivity index (χ1n) is 7.47. The minimum atomic E-state index is 0.0215. The van der Waals surface area contributed by atoms with Gasteiger partial charge in [-0.2, -0.15) is 0 Å². The minimum Gasteiger partial charge on any atom is -0.355 e. The van der Waals surface area contributed by atoms with E-state index in [1.54, 1.807) is 0 Å². The number of hydrogen-bond acceptors (Lipinski definition) is 3. The molecule has 1 fully saturated rings. The largest absolute Gasteiger partial charge is 0.355 e. The Labute approximate surface area is 111 Å². The second kappa shape index (κ2) is 9.34. The molecule has 0 radical (unpaired) electrons. The highest BCUT2D eigenvalue weighted by Gasteiger charge is 2.10. The maximum atomic E-state index is 11.6. The Morgan fingerprint density at radius 2 is 1.94 bits per heavy atom. The zero-order valence-corrected chi connectivity index (χ0v) is 11.8. The fourth-order valence-electron chi connectivity index (χ4n) is 2.50. The number of likely N-dealkylation sites (tertiary alicyclic amines) is 1. The summed E-state index contributed by atoms with van der Waals surface area (Å²) < 4.78 is 0. The van der Waals surface area contributed by atoms with Gasteiger partial charge in [-0.05, 0) is 32.4 Å². The molecular formula is C14H29N3O. The minimum absolute atomic E-state index is 0.0215. The van der Waals surface area contributed by atoms with Crippen LogP contribution in [0.1, 0.15) is 51.9 Å². The van der Waals surface area contributed by atoms with Crippen LogP contribution in [0.2, 0.25) is 0 Å². The lowest BCUT2D eigenvalue weighted by atomic mass is 10.1. The molecular weight excluding hydrogens is 226 g/mol. The van der Waals surface area contributed by atoms with E-state index in [9.17, 15) is 4.79 Å². The summed E-state index contributed by atoms with van der Waals surface area (Å²) in [6.45, 7) is 6.21. The van der Waals surface area contributed by atoms with Gasteiger partial charge in [0.1, 0.15) is 0 Å². The molecule has 0 spiro atoms. The van der Waals surface area contributed by atoms with Crippen molar-refractivity contribution in [3.05, 3.63) is 0 Å². The van der Waals surface area contributed by atoms with Crippen molar-refractivity contribution < 1.29 is 4.79 Å². The van der Waals surface area contributed by atoms with E-state index in [4.69, 9.17) is 5.73 Å². The van der Waals surface area contributed by atoms with Gasteiger partial charge in [-0.1, -0.05) is 26.2 Å². The van der Waals surface area contributed by atoms with E-state index in [2.05, 4.69) is 17.1 Å². The Hall–Kier alpha value is -0.610. The maximum Gasteiger partial charge on any atom is 0.221 e. The van der Waals surface area contributed by atoms with Crippen molar-refractivity contribution in [1.29, 1.82) is 0 Å². The predicted molar refractivity (Wildman–Crippen MR) is 75.4 cm³/mol. The number of nitrogens with zero attached hydrogens (tertiary/aromatic N) is 1. The van der Waals surface area contributed by atoms with Gasteiger partial charge >= 0.3 is 0 Å². The van der Waals surface area contributed by atoms with E-state index in [-0.39, 0.29) is 11.9 Å². The highest BCUT2D eigenvalue weighted by atomic mass is 16.1. The first kappa shape index (κ1) is 15.4. The molecule has 18 heavy (non-hydrogen) atoms. The average molecular weight is 255 g/mol. The molecule has 1 rings (SSSR count). The molecule has 1 aliphatic heterocycles. The van der Waals surface area contributed by atoms with E-state index < -0.39 is 0 Å². The lowest BCUT2D eigenvalue weighted by Gasteiger charge is -2.20. The van der Waals surface area contributed by atoms with E-state index in [1.807, 2.05) is 0 Å². The van der Waals surface area contributed by atoms with E-state index in [0.29, 0.717) is 6.42 Å². The molecule has 0 aromatic heterocycles. The molecule has 0 aromatic rings. The van der Waals surface area contributed by atoms with Crippen molar-refractivity contribution in [2.24, 2.45) is 5.73 Å². The molecule has 1 saturated heterocycles. The third kappa shape index (κ3) is 6.97. The predicted octanol–water partition coefficient (Wildman–Crippen LogP) is 1.50. The van der Waals surface area contributed by atoms with Crippen LogP contribution in [0.15, 0.2) is 0 Å². The highest BCUT2D eigenvalue weighted by molar-refractivity contribution is 5.76. The zero-order chi connectivity index (χ0) is 13.2. The summed E-state index contributed by atoms with van der Waals surface area (Å²) in [4.78, 5) is 14.1. The first-order valence-corrected chi connectivity index (χ1v) is 7.47. The Morgan fingerprint density at radius 3 is 2.56 bits per heavy atom. The fraction of sp³-hybridized carbons (Fsp3) is 0.929. The number of carbonyl (C=O) groups excluding carboxylic acids is 1. The van der Waals surface area contributed by atoms with Crippen LogP contribution >= 0.6 is 0 Å². The van der Waals surface area contributed by atoms with Crippen LogP contribution in [0.3, 0.4) is 0 Å². The Bertz CT molecular complexity index is 225. The van der Waals surface area contributed by atoms with Crippen molar-refractivity contribution in [2.45, 2.75) is 57.9 Å². The summed E-state index contributed by atoms with van der Waals surface area (Å²) in [5, 5.41) is 2.98. The van der Waals surface area contributed by atoms with Crippen LogP contribution in [0.4, 0.5) is 0 Å². The van der Waals surface area contributed by atoms with Crippen LogP contribution in [-0.2, 0) is 4.79 Å². The smallest absolute Gasteiger partial charge is 0.221 e. The normalized spacial score (nSPS) is 19.2. The SMILES string of the molecule is CCCC(N)CC(=O)NCCN1CCCCCC1. The molecule has 1 amide bonds. The number of carbonyl (C=O) groups is 1. The van der Waals surface area contributed by atoms with Crippen molar-refractivity contribution in [1.82, 2.24) is 10.2 Å². The van der Waals surface area contributed by atoms with Gasteiger partial charge in [-0.25, -0.2) is 0 Å². The average Bonchev–Trinajstić information content (AvgIpc) is 2.58. The standard InChI is InChI=1S/C14H29N3O/c1-2-7-13(15)12-14(18)16-8-11-17-9-5-3-4-6-10-17/h13H,2-12,15H2,1H3,(H,16,18). The van der Waals surface area contributed by atoms with Crippen LogP contribution in [0, 0.1) is 0 Å². The number of nitrogens with one attached hydrogen (secondary N) is 1. The van der Waals surface area contributed by atoms with Gasteiger partial charge < -0.3 is 16.0 Å². The maximum absolute atomic E-state index is 11.6. The summed E-state index contributed by atoms with van der Waals surface area (Å²) >= 11 is 0. The second-order valence-electron chi connectivity index (χ2n) is 5.36. The lowest BCUT2D eigenvalue weighted by molar-refractivity contribution is -0.121. The first-order chi connectivity index (χ1) is 8.72. The van der Waals surface area contributed by atoms with Gasteiger partial charge in [0.15, 0.2) is 0 Å². The summed E-state index contributed by atoms with van der Waals surface area (Å²) in [6.07, 6.45) is 7.75. The Morgan fingerprint density at radius 1 is 1.28 bits per heavy atom. The van der Waals surface area contributed by atoms with Gasteiger partial charge in [0.05, 0.1) is 0 Å². The molecule has 1 unspecified atom stereocenters. The molecule has 0 aliphatic carbocycles. The number of nitrogens with two attached hydrogens (primary N) is 1. The molecule has 3 N–H and O–H groups in total. The highest BCUT2D eigenvalue weighted by Crippen LogP contribution is 2.08. The van der Waals surface area contributed by atoms with Gasteiger partial charge in [-0.15, -0.1) is 0 Å². The van der Waals surface area contributed by atoms with Crippen molar-refractivity contribution in [3.8, 4) is 0 Å². The van der Waals surface area contributed by atoms with Crippen LogP contribution < -0.4 is 11.1 Å². The van der Waals surface area contributed by atoms with Crippen molar-refractivity contribution in [3.63, 3.8) is 0 Å². The molecule has 106 valence electrons. The van der Waals surface area contributed by atoms with Crippen LogP contribution in [0.5, 0.6) is 0 Å². The van der Waals surface area contributed by atoms with Crippen molar-refractivity contribution in [2.75, 3.05) is 26.2 Å². The van der Waals surface area contributed by atoms with Crippen molar-refractivity contribution >= 4 is 5.91 Å². The van der Waals surface area contributed by atoms with Crippen LogP contribution in [-0.4, -0.2) is 43.0 Å². The molecule has 4 heteroatoms. The molecule has 1 atom stereocenters.